The van der Waals surface area contributed by atoms with E-state index in [1.807, 2.05) is 30.3 Å². The molecule has 6 heteroatoms. The van der Waals surface area contributed by atoms with Gasteiger partial charge in [0, 0.05) is 17.3 Å². The molecule has 0 atom stereocenters. The third-order valence-corrected chi connectivity index (χ3v) is 3.89. The first-order valence-corrected chi connectivity index (χ1v) is 7.92. The summed E-state index contributed by atoms with van der Waals surface area (Å²) in [6, 6.07) is 17.0. The molecule has 3 nitrogen and oxygen atoms in total. The Hall–Kier alpha value is -2.86. The fourth-order valence-corrected chi connectivity index (χ4v) is 2.59. The largest absolute Gasteiger partial charge is 0.489 e. The van der Waals surface area contributed by atoms with Gasteiger partial charge >= 0.3 is 6.18 Å². The number of rotatable bonds is 5. The lowest BCUT2D eigenvalue weighted by atomic mass is 10.0. The number of alkyl halides is 3. The molecule has 0 unspecified atom stereocenters. The highest BCUT2D eigenvalue weighted by molar-refractivity contribution is 5.69. The maximum atomic E-state index is 12.7. The van der Waals surface area contributed by atoms with Crippen molar-refractivity contribution in [2.24, 2.45) is 0 Å². The Bertz CT molecular complexity index is 862. The number of halogens is 3. The standard InChI is InChI=1S/C20H16F3NO2/c21-20(22,23)19-10-9-15(11-24-19)16-7-4-8-18(17(16)12-25)26-13-14-5-2-1-3-6-14/h1-11,25H,12-13H2. The van der Waals surface area contributed by atoms with E-state index in [9.17, 15) is 18.3 Å². The van der Waals surface area contributed by atoms with E-state index in [2.05, 4.69) is 4.98 Å². The van der Waals surface area contributed by atoms with Gasteiger partial charge < -0.3 is 9.84 Å². The summed E-state index contributed by atoms with van der Waals surface area (Å²) < 4.78 is 43.8. The fraction of sp³-hybridized carbons (Fsp3) is 0.150. The molecule has 0 amide bonds. The smallest absolute Gasteiger partial charge is 0.433 e. The van der Waals surface area contributed by atoms with Crippen LogP contribution in [-0.4, -0.2) is 10.1 Å². The van der Waals surface area contributed by atoms with E-state index >= 15 is 0 Å². The quantitative estimate of drug-likeness (QED) is 0.709. The molecule has 1 N–H and O–H groups in total. The molecule has 26 heavy (non-hydrogen) atoms. The average Bonchev–Trinajstić information content (AvgIpc) is 2.66. The second-order valence-electron chi connectivity index (χ2n) is 5.64. The Morgan fingerprint density at radius 2 is 1.69 bits per heavy atom. The summed E-state index contributed by atoms with van der Waals surface area (Å²) in [5, 5.41) is 9.76. The molecule has 3 aromatic rings. The van der Waals surface area contributed by atoms with Crippen LogP contribution in [-0.2, 0) is 19.4 Å². The predicted octanol–water partition coefficient (Wildman–Crippen LogP) is 4.84. The number of benzene rings is 2. The first kappa shape index (κ1) is 17.9. The van der Waals surface area contributed by atoms with Crippen LogP contribution in [0.25, 0.3) is 11.1 Å². The van der Waals surface area contributed by atoms with Gasteiger partial charge in [-0.2, -0.15) is 13.2 Å². The van der Waals surface area contributed by atoms with Crippen LogP contribution in [0, 0.1) is 0 Å². The number of hydrogen-bond acceptors (Lipinski definition) is 3. The summed E-state index contributed by atoms with van der Waals surface area (Å²) in [4.78, 5) is 3.48. The molecule has 0 radical (unpaired) electrons. The minimum Gasteiger partial charge on any atom is -0.489 e. The van der Waals surface area contributed by atoms with Crippen molar-refractivity contribution in [2.75, 3.05) is 0 Å². The Kier molecular flexibility index (Phi) is 5.23. The van der Waals surface area contributed by atoms with Crippen molar-refractivity contribution in [3.05, 3.63) is 83.7 Å². The van der Waals surface area contributed by atoms with Crippen LogP contribution in [0.1, 0.15) is 16.8 Å². The van der Waals surface area contributed by atoms with E-state index in [1.54, 1.807) is 18.2 Å². The molecule has 0 aliphatic rings. The Labute approximate surface area is 148 Å². The van der Waals surface area contributed by atoms with Crippen LogP contribution in [0.15, 0.2) is 66.9 Å². The molecule has 0 aliphatic heterocycles. The molecule has 2 aromatic carbocycles. The third-order valence-electron chi connectivity index (χ3n) is 3.89. The average molecular weight is 359 g/mol. The van der Waals surface area contributed by atoms with Gasteiger partial charge in [-0.15, -0.1) is 0 Å². The van der Waals surface area contributed by atoms with E-state index in [-0.39, 0.29) is 6.61 Å². The van der Waals surface area contributed by atoms with Crippen molar-refractivity contribution in [3.63, 3.8) is 0 Å². The first-order chi connectivity index (χ1) is 12.5. The molecule has 1 aromatic heterocycles. The number of aromatic nitrogens is 1. The normalized spacial score (nSPS) is 11.4. The highest BCUT2D eigenvalue weighted by atomic mass is 19.4. The summed E-state index contributed by atoms with van der Waals surface area (Å²) in [7, 11) is 0. The molecular weight excluding hydrogens is 343 g/mol. The van der Waals surface area contributed by atoms with Crippen LogP contribution < -0.4 is 4.74 Å². The zero-order valence-electron chi connectivity index (χ0n) is 13.7. The Morgan fingerprint density at radius 3 is 2.31 bits per heavy atom. The molecule has 0 fully saturated rings. The van der Waals surface area contributed by atoms with Crippen LogP contribution in [0.5, 0.6) is 5.75 Å². The molecule has 134 valence electrons. The SMILES string of the molecule is OCc1c(OCc2ccccc2)cccc1-c1ccc(C(F)(F)F)nc1. The van der Waals surface area contributed by atoms with Gasteiger partial charge in [0.25, 0.3) is 0 Å². The lowest BCUT2D eigenvalue weighted by Crippen LogP contribution is -2.07. The highest BCUT2D eigenvalue weighted by Crippen LogP contribution is 2.33. The lowest BCUT2D eigenvalue weighted by Gasteiger charge is -2.15. The van der Waals surface area contributed by atoms with Crippen molar-refractivity contribution >= 4 is 0 Å². The summed E-state index contributed by atoms with van der Waals surface area (Å²) in [6.45, 7) is 0.0177. The number of aliphatic hydroxyl groups is 1. The third kappa shape index (κ3) is 4.03. The van der Waals surface area contributed by atoms with E-state index in [0.717, 1.165) is 17.8 Å². The van der Waals surface area contributed by atoms with Crippen molar-refractivity contribution in [3.8, 4) is 16.9 Å². The fourth-order valence-electron chi connectivity index (χ4n) is 2.59. The van der Waals surface area contributed by atoms with Gasteiger partial charge in [-0.05, 0) is 23.3 Å². The zero-order chi connectivity index (χ0) is 18.6. The van der Waals surface area contributed by atoms with E-state index < -0.39 is 11.9 Å². The van der Waals surface area contributed by atoms with Gasteiger partial charge in [-0.3, -0.25) is 4.98 Å². The molecule has 0 saturated carbocycles. The van der Waals surface area contributed by atoms with Gasteiger partial charge in [-0.25, -0.2) is 0 Å². The summed E-state index contributed by atoms with van der Waals surface area (Å²) in [5.74, 6) is 0.480. The van der Waals surface area contributed by atoms with Gasteiger partial charge in [-0.1, -0.05) is 48.5 Å². The predicted molar refractivity (Wildman–Crippen MR) is 91.4 cm³/mol. The van der Waals surface area contributed by atoms with Crippen molar-refractivity contribution in [1.82, 2.24) is 4.98 Å². The second-order valence-corrected chi connectivity index (χ2v) is 5.64. The topological polar surface area (TPSA) is 42.4 Å². The number of nitrogens with zero attached hydrogens (tertiary/aromatic N) is 1. The zero-order valence-corrected chi connectivity index (χ0v) is 13.7. The Morgan fingerprint density at radius 1 is 0.923 bits per heavy atom. The number of hydrogen-bond donors (Lipinski definition) is 1. The van der Waals surface area contributed by atoms with E-state index in [4.69, 9.17) is 4.74 Å². The van der Waals surface area contributed by atoms with Crippen molar-refractivity contribution in [1.29, 1.82) is 0 Å². The molecule has 0 aliphatic carbocycles. The summed E-state index contributed by atoms with van der Waals surface area (Å²) >= 11 is 0. The summed E-state index contributed by atoms with van der Waals surface area (Å²) in [6.07, 6.45) is -3.34. The first-order valence-electron chi connectivity index (χ1n) is 7.92. The molecule has 3 rings (SSSR count). The maximum Gasteiger partial charge on any atom is 0.433 e. The van der Waals surface area contributed by atoms with Crippen LogP contribution in [0.3, 0.4) is 0 Å². The monoisotopic (exact) mass is 359 g/mol. The molecule has 0 spiro atoms. The van der Waals surface area contributed by atoms with Crippen LogP contribution in [0.4, 0.5) is 13.2 Å². The highest BCUT2D eigenvalue weighted by Gasteiger charge is 2.32. The van der Waals surface area contributed by atoms with Gasteiger partial charge in [0.2, 0.25) is 0 Å². The minimum absolute atomic E-state index is 0.304. The Balaban J connectivity index is 1.88. The molecule has 0 bridgehead atoms. The maximum absolute atomic E-state index is 12.7. The van der Waals surface area contributed by atoms with E-state index in [1.165, 1.54) is 6.07 Å². The summed E-state index contributed by atoms with van der Waals surface area (Å²) in [5.41, 5.74) is 1.58. The van der Waals surface area contributed by atoms with Crippen molar-refractivity contribution < 1.29 is 23.0 Å². The van der Waals surface area contributed by atoms with Crippen LogP contribution >= 0.6 is 0 Å². The molecule has 0 saturated heterocycles. The molecular formula is C20H16F3NO2. The van der Waals surface area contributed by atoms with E-state index in [0.29, 0.717) is 29.0 Å². The second kappa shape index (κ2) is 7.58. The van der Waals surface area contributed by atoms with Gasteiger partial charge in [0.1, 0.15) is 18.1 Å². The van der Waals surface area contributed by atoms with Gasteiger partial charge in [0.15, 0.2) is 0 Å². The van der Waals surface area contributed by atoms with Crippen LogP contribution in [0.2, 0.25) is 0 Å². The van der Waals surface area contributed by atoms with Crippen molar-refractivity contribution in [2.45, 2.75) is 19.4 Å². The molecule has 1 heterocycles. The number of aliphatic hydroxyl groups excluding tert-OH is 1. The number of pyridine rings is 1. The number of ether oxygens (including phenoxy) is 1. The lowest BCUT2D eigenvalue weighted by molar-refractivity contribution is -0.141. The van der Waals surface area contributed by atoms with Gasteiger partial charge in [0.05, 0.1) is 6.61 Å². The minimum atomic E-state index is -4.49.